The zero-order valence-electron chi connectivity index (χ0n) is 10.3. The zero-order valence-corrected chi connectivity index (χ0v) is 10.3. The first-order valence-electron chi connectivity index (χ1n) is 5.83. The van der Waals surface area contributed by atoms with Crippen LogP contribution in [-0.4, -0.2) is 48.6 Å². The van der Waals surface area contributed by atoms with Gasteiger partial charge in [0.2, 0.25) is 5.91 Å². The summed E-state index contributed by atoms with van der Waals surface area (Å²) in [6, 6.07) is 3.80. The van der Waals surface area contributed by atoms with Gasteiger partial charge >= 0.3 is 0 Å². The lowest BCUT2D eigenvalue weighted by atomic mass is 10.2. The molecule has 1 saturated heterocycles. The van der Waals surface area contributed by atoms with Crippen LogP contribution in [0.1, 0.15) is 12.1 Å². The van der Waals surface area contributed by atoms with Crippen molar-refractivity contribution in [2.24, 2.45) is 0 Å². The molecule has 1 amide bonds. The van der Waals surface area contributed by atoms with Crippen molar-refractivity contribution in [1.29, 1.82) is 0 Å². The normalized spacial score (nSPS) is 25.1. The molecule has 0 bridgehead atoms. The first kappa shape index (κ1) is 12.1. The maximum atomic E-state index is 12.0. The number of carbonyl (C=O) groups excluding carboxylic acids is 1. The van der Waals surface area contributed by atoms with E-state index in [9.17, 15) is 4.79 Å². The molecule has 2 rings (SSSR count). The lowest BCUT2D eigenvalue weighted by molar-refractivity contribution is -0.125. The second kappa shape index (κ2) is 5.33. The van der Waals surface area contributed by atoms with Gasteiger partial charge in [0.1, 0.15) is 0 Å². The van der Waals surface area contributed by atoms with Crippen LogP contribution >= 0.6 is 0 Å². The van der Waals surface area contributed by atoms with Gasteiger partial charge in [0.15, 0.2) is 0 Å². The molecule has 0 unspecified atom stereocenters. The van der Waals surface area contributed by atoms with E-state index in [1.165, 1.54) is 0 Å². The number of H-pyrrole nitrogens is 1. The van der Waals surface area contributed by atoms with E-state index in [1.54, 1.807) is 7.11 Å². The van der Waals surface area contributed by atoms with Crippen LogP contribution in [0.4, 0.5) is 0 Å². The number of nitrogens with one attached hydrogen (secondary N) is 2. The molecule has 1 aliphatic rings. The molecule has 0 aromatic carbocycles. The van der Waals surface area contributed by atoms with Gasteiger partial charge in [-0.1, -0.05) is 0 Å². The highest BCUT2D eigenvalue weighted by molar-refractivity contribution is 5.82. The number of aromatic nitrogens is 1. The summed E-state index contributed by atoms with van der Waals surface area (Å²) in [7, 11) is 3.65. The molecule has 94 valence electrons. The third-order valence-electron chi connectivity index (χ3n) is 3.26. The van der Waals surface area contributed by atoms with E-state index in [4.69, 9.17) is 4.74 Å². The average molecular weight is 237 g/mol. The van der Waals surface area contributed by atoms with Gasteiger partial charge in [-0.2, -0.15) is 0 Å². The Hall–Kier alpha value is -1.33. The minimum atomic E-state index is -0.0742. The highest BCUT2D eigenvalue weighted by atomic mass is 16.5. The van der Waals surface area contributed by atoms with Gasteiger partial charge in [-0.25, -0.2) is 0 Å². The van der Waals surface area contributed by atoms with Gasteiger partial charge in [0.25, 0.3) is 0 Å². The number of aromatic amines is 1. The highest BCUT2D eigenvalue weighted by Gasteiger charge is 2.34. The van der Waals surface area contributed by atoms with Crippen molar-refractivity contribution in [1.82, 2.24) is 15.2 Å². The third kappa shape index (κ3) is 2.87. The van der Waals surface area contributed by atoms with Crippen LogP contribution in [0.25, 0.3) is 0 Å². The number of nitrogens with zero attached hydrogens (tertiary/aromatic N) is 1. The quantitative estimate of drug-likeness (QED) is 0.794. The molecule has 1 aliphatic heterocycles. The standard InChI is InChI=1S/C12H19N3O2/c1-15-8-10(17-2)6-11(15)12(16)14-7-9-4-3-5-13-9/h3-5,10-11,13H,6-8H2,1-2H3,(H,14,16)/t10-,11-/m0/s1. The summed E-state index contributed by atoms with van der Waals surface area (Å²) in [4.78, 5) is 17.1. The number of carbonyl (C=O) groups is 1. The van der Waals surface area contributed by atoms with Gasteiger partial charge in [0, 0.05) is 25.5 Å². The molecule has 5 nitrogen and oxygen atoms in total. The number of hydrogen-bond acceptors (Lipinski definition) is 3. The predicted octanol–water partition coefficient (Wildman–Crippen LogP) is 0.350. The van der Waals surface area contributed by atoms with E-state index in [0.29, 0.717) is 6.54 Å². The molecular formula is C12H19N3O2. The van der Waals surface area contributed by atoms with E-state index in [1.807, 2.05) is 30.3 Å². The second-order valence-corrected chi connectivity index (χ2v) is 4.46. The molecule has 1 fully saturated rings. The minimum Gasteiger partial charge on any atom is -0.380 e. The molecule has 2 N–H and O–H groups in total. The van der Waals surface area contributed by atoms with Crippen LogP contribution in [0.5, 0.6) is 0 Å². The molecule has 5 heteroatoms. The van der Waals surface area contributed by atoms with Crippen molar-refractivity contribution >= 4 is 5.91 Å². The van der Waals surface area contributed by atoms with E-state index >= 15 is 0 Å². The van der Waals surface area contributed by atoms with Gasteiger partial charge in [-0.15, -0.1) is 0 Å². The Morgan fingerprint density at radius 2 is 2.53 bits per heavy atom. The largest absolute Gasteiger partial charge is 0.380 e. The summed E-state index contributed by atoms with van der Waals surface area (Å²) in [6.07, 6.45) is 2.79. The Balaban J connectivity index is 1.84. The van der Waals surface area contributed by atoms with E-state index in [0.717, 1.165) is 18.7 Å². The van der Waals surface area contributed by atoms with Crippen molar-refractivity contribution in [3.63, 3.8) is 0 Å². The zero-order chi connectivity index (χ0) is 12.3. The topological polar surface area (TPSA) is 57.4 Å². The number of likely N-dealkylation sites (tertiary alicyclic amines) is 1. The van der Waals surface area contributed by atoms with Gasteiger partial charge in [0.05, 0.1) is 18.7 Å². The Kier molecular flexibility index (Phi) is 3.81. The van der Waals surface area contributed by atoms with Crippen molar-refractivity contribution in [3.05, 3.63) is 24.0 Å². The maximum absolute atomic E-state index is 12.0. The van der Waals surface area contributed by atoms with E-state index < -0.39 is 0 Å². The summed E-state index contributed by atoms with van der Waals surface area (Å²) in [5, 5.41) is 2.93. The van der Waals surface area contributed by atoms with Crippen LogP contribution in [0.15, 0.2) is 18.3 Å². The van der Waals surface area contributed by atoms with Crippen LogP contribution in [0.2, 0.25) is 0 Å². The Labute approximate surface area is 101 Å². The van der Waals surface area contributed by atoms with Crippen molar-refractivity contribution in [2.45, 2.75) is 25.1 Å². The number of methoxy groups -OCH3 is 1. The number of hydrogen-bond donors (Lipinski definition) is 2. The molecule has 0 spiro atoms. The molecule has 2 atom stereocenters. The molecule has 0 saturated carbocycles. The summed E-state index contributed by atoms with van der Waals surface area (Å²) < 4.78 is 5.28. The molecule has 2 heterocycles. The van der Waals surface area contributed by atoms with E-state index in [2.05, 4.69) is 10.3 Å². The van der Waals surface area contributed by atoms with Gasteiger partial charge < -0.3 is 15.0 Å². The predicted molar refractivity (Wildman–Crippen MR) is 64.5 cm³/mol. The summed E-state index contributed by atoms with van der Waals surface area (Å²) in [5.74, 6) is 0.0710. The van der Waals surface area contributed by atoms with Crippen molar-refractivity contribution in [2.75, 3.05) is 20.7 Å². The molecule has 17 heavy (non-hydrogen) atoms. The summed E-state index contributed by atoms with van der Waals surface area (Å²) in [5.41, 5.74) is 1.02. The Bertz CT molecular complexity index is 364. The van der Waals surface area contributed by atoms with Gasteiger partial charge in [-0.05, 0) is 25.6 Å². The van der Waals surface area contributed by atoms with Crippen LogP contribution in [-0.2, 0) is 16.1 Å². The molecule has 0 radical (unpaired) electrons. The van der Waals surface area contributed by atoms with Crippen LogP contribution in [0.3, 0.4) is 0 Å². The smallest absolute Gasteiger partial charge is 0.237 e. The lowest BCUT2D eigenvalue weighted by Gasteiger charge is -2.17. The van der Waals surface area contributed by atoms with Crippen molar-refractivity contribution in [3.8, 4) is 0 Å². The first-order chi connectivity index (χ1) is 8.20. The number of ether oxygens (including phenoxy) is 1. The SMILES string of the molecule is CO[C@H]1C[C@@H](C(=O)NCc2ccc[nH]2)N(C)C1. The second-order valence-electron chi connectivity index (χ2n) is 4.46. The van der Waals surface area contributed by atoms with E-state index in [-0.39, 0.29) is 18.1 Å². The summed E-state index contributed by atoms with van der Waals surface area (Å²) in [6.45, 7) is 1.37. The van der Waals surface area contributed by atoms with Gasteiger partial charge in [-0.3, -0.25) is 9.69 Å². The molecule has 1 aromatic rings. The fourth-order valence-electron chi connectivity index (χ4n) is 2.21. The summed E-state index contributed by atoms with van der Waals surface area (Å²) >= 11 is 0. The lowest BCUT2D eigenvalue weighted by Crippen LogP contribution is -2.41. The first-order valence-corrected chi connectivity index (χ1v) is 5.83. The van der Waals surface area contributed by atoms with Crippen molar-refractivity contribution < 1.29 is 9.53 Å². The Morgan fingerprint density at radius 3 is 3.12 bits per heavy atom. The maximum Gasteiger partial charge on any atom is 0.237 e. The molecule has 0 aliphatic carbocycles. The monoisotopic (exact) mass is 237 g/mol. The average Bonchev–Trinajstić information content (AvgIpc) is 2.94. The third-order valence-corrected chi connectivity index (χ3v) is 3.26. The van der Waals surface area contributed by atoms with Crippen LogP contribution in [0, 0.1) is 0 Å². The fraction of sp³-hybridized carbons (Fsp3) is 0.583. The number of amides is 1. The fourth-order valence-corrected chi connectivity index (χ4v) is 2.21. The molecule has 1 aromatic heterocycles. The Morgan fingerprint density at radius 1 is 1.71 bits per heavy atom. The van der Waals surface area contributed by atoms with Crippen LogP contribution < -0.4 is 5.32 Å². The number of likely N-dealkylation sites (N-methyl/N-ethyl adjacent to an activating group) is 1. The molecular weight excluding hydrogens is 218 g/mol. The highest BCUT2D eigenvalue weighted by Crippen LogP contribution is 2.18. The number of rotatable bonds is 4. The minimum absolute atomic E-state index is 0.0710.